The smallest absolute Gasteiger partial charge is 0.162 e. The van der Waals surface area contributed by atoms with Crippen molar-refractivity contribution < 1.29 is 4.84 Å². The normalized spacial score (nSPS) is 43.7. The standard InChI is InChI=1S/C15H20N2O/c1-14(2)10-8-11(14)15(3)12(9-10)18-16-13(15)17-6-4-5-7-17/h4-7,10-12H,8-9H2,1-3H3. The maximum Gasteiger partial charge on any atom is 0.162 e. The molecule has 3 aliphatic carbocycles. The van der Waals surface area contributed by atoms with E-state index in [1.807, 2.05) is 0 Å². The number of hydrogen-bond donors (Lipinski definition) is 0. The Bertz CT molecular complexity index is 517. The lowest BCUT2D eigenvalue weighted by Crippen LogP contribution is -2.64. The zero-order valence-corrected chi connectivity index (χ0v) is 11.3. The zero-order valence-electron chi connectivity index (χ0n) is 11.3. The van der Waals surface area contributed by atoms with Crippen molar-refractivity contribution in [2.75, 3.05) is 0 Å². The minimum absolute atomic E-state index is 0.0806. The van der Waals surface area contributed by atoms with Crippen LogP contribution in [0.25, 0.3) is 0 Å². The van der Waals surface area contributed by atoms with Crippen molar-refractivity contribution in [1.82, 2.24) is 4.57 Å². The fourth-order valence-electron chi connectivity index (χ4n) is 4.63. The minimum atomic E-state index is 0.0806. The van der Waals surface area contributed by atoms with Gasteiger partial charge in [0.15, 0.2) is 5.84 Å². The second kappa shape index (κ2) is 3.01. The van der Waals surface area contributed by atoms with Crippen LogP contribution >= 0.6 is 0 Å². The highest BCUT2D eigenvalue weighted by Gasteiger charge is 2.68. The van der Waals surface area contributed by atoms with Gasteiger partial charge in [-0.15, -0.1) is 0 Å². The van der Waals surface area contributed by atoms with Crippen molar-refractivity contribution >= 4 is 5.84 Å². The molecular formula is C15H20N2O. The van der Waals surface area contributed by atoms with E-state index in [0.717, 1.165) is 18.2 Å². The van der Waals surface area contributed by atoms with Gasteiger partial charge in [-0.25, -0.2) is 0 Å². The molecular weight excluding hydrogens is 224 g/mol. The lowest BCUT2D eigenvalue weighted by molar-refractivity contribution is -0.181. The molecule has 1 aromatic heterocycles. The Morgan fingerprint density at radius 1 is 1.22 bits per heavy atom. The molecule has 5 rings (SSSR count). The highest BCUT2D eigenvalue weighted by molar-refractivity contribution is 5.92. The molecule has 0 aromatic carbocycles. The van der Waals surface area contributed by atoms with Crippen LogP contribution in [0.15, 0.2) is 29.7 Å². The number of rotatable bonds is 0. The fourth-order valence-corrected chi connectivity index (χ4v) is 4.63. The van der Waals surface area contributed by atoms with Crippen LogP contribution in [0.3, 0.4) is 0 Å². The summed E-state index contributed by atoms with van der Waals surface area (Å²) in [6.45, 7) is 7.18. The monoisotopic (exact) mass is 244 g/mol. The molecule has 0 saturated heterocycles. The molecule has 2 heterocycles. The summed E-state index contributed by atoms with van der Waals surface area (Å²) < 4.78 is 2.13. The Morgan fingerprint density at radius 3 is 2.61 bits per heavy atom. The van der Waals surface area contributed by atoms with Gasteiger partial charge in [-0.2, -0.15) is 0 Å². The average Bonchev–Trinajstić information content (AvgIpc) is 2.93. The SMILES string of the molecule is CC1(C)C2CC3ON=C(n4cccc4)C3(C)C1C2. The summed E-state index contributed by atoms with van der Waals surface area (Å²) in [7, 11) is 0. The lowest BCUT2D eigenvalue weighted by atomic mass is 9.40. The molecule has 4 aliphatic rings. The van der Waals surface area contributed by atoms with Gasteiger partial charge in [0.25, 0.3) is 0 Å². The van der Waals surface area contributed by atoms with E-state index in [1.165, 1.54) is 6.42 Å². The Kier molecular flexibility index (Phi) is 1.78. The van der Waals surface area contributed by atoms with Gasteiger partial charge in [-0.1, -0.05) is 19.0 Å². The third kappa shape index (κ3) is 1.00. The minimum Gasteiger partial charge on any atom is -0.390 e. The Labute approximate surface area is 108 Å². The topological polar surface area (TPSA) is 26.5 Å². The van der Waals surface area contributed by atoms with E-state index in [-0.39, 0.29) is 11.5 Å². The van der Waals surface area contributed by atoms with Gasteiger partial charge in [-0.3, -0.25) is 0 Å². The second-order valence-electron chi connectivity index (χ2n) is 6.92. The summed E-state index contributed by atoms with van der Waals surface area (Å²) in [4.78, 5) is 5.76. The molecule has 18 heavy (non-hydrogen) atoms. The molecule has 96 valence electrons. The van der Waals surface area contributed by atoms with Crippen molar-refractivity contribution in [2.24, 2.45) is 27.8 Å². The third-order valence-corrected chi connectivity index (χ3v) is 5.96. The maximum atomic E-state index is 5.76. The van der Waals surface area contributed by atoms with Crippen molar-refractivity contribution in [3.05, 3.63) is 24.5 Å². The first kappa shape index (κ1) is 10.7. The van der Waals surface area contributed by atoms with Crippen LogP contribution in [0, 0.1) is 22.7 Å². The number of aromatic nitrogens is 1. The summed E-state index contributed by atoms with van der Waals surface area (Å²) >= 11 is 0. The third-order valence-electron chi connectivity index (χ3n) is 5.96. The van der Waals surface area contributed by atoms with E-state index >= 15 is 0 Å². The van der Waals surface area contributed by atoms with Gasteiger partial charge < -0.3 is 9.40 Å². The molecule has 1 aliphatic heterocycles. The van der Waals surface area contributed by atoms with Crippen LogP contribution in [0.2, 0.25) is 0 Å². The van der Waals surface area contributed by atoms with Crippen LogP contribution in [-0.4, -0.2) is 16.5 Å². The van der Waals surface area contributed by atoms with Crippen LogP contribution < -0.4 is 0 Å². The first-order chi connectivity index (χ1) is 8.54. The van der Waals surface area contributed by atoms with Gasteiger partial charge in [-0.05, 0) is 49.1 Å². The maximum absolute atomic E-state index is 5.76. The first-order valence-electron chi connectivity index (χ1n) is 6.92. The Hall–Kier alpha value is -1.25. The van der Waals surface area contributed by atoms with E-state index in [1.54, 1.807) is 0 Å². The lowest BCUT2D eigenvalue weighted by Gasteiger charge is -2.64. The van der Waals surface area contributed by atoms with Crippen molar-refractivity contribution in [3.8, 4) is 0 Å². The molecule has 0 N–H and O–H groups in total. The predicted molar refractivity (Wildman–Crippen MR) is 70.2 cm³/mol. The highest BCUT2D eigenvalue weighted by Crippen LogP contribution is 2.68. The summed E-state index contributed by atoms with van der Waals surface area (Å²) in [5.41, 5.74) is 0.518. The van der Waals surface area contributed by atoms with Crippen LogP contribution in [0.1, 0.15) is 33.6 Å². The molecule has 4 unspecified atom stereocenters. The van der Waals surface area contributed by atoms with Gasteiger partial charge in [0.05, 0.1) is 5.41 Å². The van der Waals surface area contributed by atoms with Gasteiger partial charge in [0.2, 0.25) is 0 Å². The molecule has 4 atom stereocenters. The molecule has 3 saturated carbocycles. The van der Waals surface area contributed by atoms with Crippen molar-refractivity contribution in [1.29, 1.82) is 0 Å². The molecule has 3 nitrogen and oxygen atoms in total. The molecule has 0 radical (unpaired) electrons. The molecule has 1 aromatic rings. The van der Waals surface area contributed by atoms with Crippen LogP contribution in [0.5, 0.6) is 0 Å². The fraction of sp³-hybridized carbons (Fsp3) is 0.667. The molecule has 3 heteroatoms. The first-order valence-corrected chi connectivity index (χ1v) is 6.92. The average molecular weight is 244 g/mol. The van der Waals surface area contributed by atoms with E-state index in [4.69, 9.17) is 4.84 Å². The zero-order chi connectivity index (χ0) is 12.5. The van der Waals surface area contributed by atoms with Gasteiger partial charge in [0.1, 0.15) is 6.10 Å². The Morgan fingerprint density at radius 2 is 1.94 bits per heavy atom. The summed E-state index contributed by atoms with van der Waals surface area (Å²) in [6.07, 6.45) is 6.94. The second-order valence-corrected chi connectivity index (χ2v) is 6.92. The van der Waals surface area contributed by atoms with Crippen molar-refractivity contribution in [3.63, 3.8) is 0 Å². The van der Waals surface area contributed by atoms with E-state index in [9.17, 15) is 0 Å². The largest absolute Gasteiger partial charge is 0.390 e. The molecule has 0 spiro atoms. The number of hydrogen-bond acceptors (Lipinski definition) is 2. The van der Waals surface area contributed by atoms with Gasteiger partial charge in [0, 0.05) is 12.4 Å². The van der Waals surface area contributed by atoms with E-state index in [0.29, 0.717) is 11.3 Å². The van der Waals surface area contributed by atoms with E-state index < -0.39 is 0 Å². The predicted octanol–water partition coefficient (Wildman–Crippen LogP) is 3.12. The van der Waals surface area contributed by atoms with Crippen LogP contribution in [0.4, 0.5) is 0 Å². The molecule has 0 amide bonds. The Balaban J connectivity index is 1.80. The highest BCUT2D eigenvalue weighted by atomic mass is 16.6. The van der Waals surface area contributed by atoms with Crippen molar-refractivity contribution in [2.45, 2.75) is 39.7 Å². The van der Waals surface area contributed by atoms with Gasteiger partial charge >= 0.3 is 0 Å². The molecule has 3 fully saturated rings. The number of oxime groups is 1. The number of nitrogens with zero attached hydrogens (tertiary/aromatic N) is 2. The summed E-state index contributed by atoms with van der Waals surface area (Å²) in [5, 5.41) is 4.42. The molecule has 2 bridgehead atoms. The van der Waals surface area contributed by atoms with E-state index in [2.05, 4.69) is 55.0 Å². The summed E-state index contributed by atoms with van der Waals surface area (Å²) in [6, 6.07) is 4.10. The quantitative estimate of drug-likeness (QED) is 0.688. The summed E-state index contributed by atoms with van der Waals surface area (Å²) in [5.74, 6) is 2.62. The van der Waals surface area contributed by atoms with Crippen LogP contribution in [-0.2, 0) is 4.84 Å².